The highest BCUT2D eigenvalue weighted by molar-refractivity contribution is 6.00. The van der Waals surface area contributed by atoms with Crippen LogP contribution in [0.25, 0.3) is 0 Å². The molecule has 10 nitrogen and oxygen atoms in total. The number of Topliss-reactive ketones (excluding diaryl/α,β-unsaturated/α-hetero) is 1. The Kier molecular flexibility index (Phi) is 6.17. The van der Waals surface area contributed by atoms with Crippen LogP contribution in [0.3, 0.4) is 0 Å². The van der Waals surface area contributed by atoms with E-state index >= 15 is 0 Å². The molecule has 0 radical (unpaired) electrons. The topological polar surface area (TPSA) is 106 Å². The van der Waals surface area contributed by atoms with Crippen LogP contribution in [-0.4, -0.2) is 56.1 Å². The second-order valence-electron chi connectivity index (χ2n) is 8.51. The molecular weight excluding hydrogens is 464 g/mol. The summed E-state index contributed by atoms with van der Waals surface area (Å²) in [4.78, 5) is 18.2. The molecule has 0 amide bonds. The summed E-state index contributed by atoms with van der Waals surface area (Å²) in [6.45, 7) is 0. The van der Waals surface area contributed by atoms with Crippen LogP contribution in [-0.2, 0) is 4.79 Å². The lowest BCUT2D eigenvalue weighted by Gasteiger charge is -2.35. The number of carbonyl (C=O) groups excluding carboxylic acids is 1. The molecule has 1 aliphatic heterocycles. The molecule has 188 valence electrons. The van der Waals surface area contributed by atoms with Gasteiger partial charge in [0, 0.05) is 23.3 Å². The third-order valence-corrected chi connectivity index (χ3v) is 6.77. The molecule has 2 atom stereocenters. The summed E-state index contributed by atoms with van der Waals surface area (Å²) in [5, 5.41) is 7.78. The minimum absolute atomic E-state index is 0.0199. The van der Waals surface area contributed by atoms with E-state index in [4.69, 9.17) is 23.7 Å². The lowest BCUT2D eigenvalue weighted by Crippen LogP contribution is -2.33. The smallest absolute Gasteiger partial charge is 0.226 e. The second kappa shape index (κ2) is 9.44. The van der Waals surface area contributed by atoms with Crippen LogP contribution in [0, 0.1) is 0 Å². The molecule has 2 unspecified atom stereocenters. The molecule has 5 rings (SSSR count). The Morgan fingerprint density at radius 3 is 2.28 bits per heavy atom. The molecule has 3 aromatic rings. The molecule has 0 bridgehead atoms. The Bertz CT molecular complexity index is 1350. The molecular formula is C26H28N4O6. The van der Waals surface area contributed by atoms with Crippen molar-refractivity contribution in [3.63, 3.8) is 0 Å². The third-order valence-electron chi connectivity index (χ3n) is 6.77. The first-order valence-corrected chi connectivity index (χ1v) is 11.5. The summed E-state index contributed by atoms with van der Waals surface area (Å²) < 4.78 is 29.4. The fraction of sp³-hybridized carbons (Fsp3) is 0.346. The maximum Gasteiger partial charge on any atom is 0.226 e. The van der Waals surface area contributed by atoms with Crippen molar-refractivity contribution in [2.24, 2.45) is 0 Å². The van der Waals surface area contributed by atoms with Crippen molar-refractivity contribution in [3.8, 4) is 28.7 Å². The number of anilines is 1. The number of rotatable bonds is 7. The van der Waals surface area contributed by atoms with Crippen molar-refractivity contribution in [2.45, 2.75) is 24.8 Å². The summed E-state index contributed by atoms with van der Waals surface area (Å²) >= 11 is 0. The van der Waals surface area contributed by atoms with E-state index < -0.39 is 6.04 Å². The quantitative estimate of drug-likeness (QED) is 0.528. The predicted molar refractivity (Wildman–Crippen MR) is 131 cm³/mol. The van der Waals surface area contributed by atoms with Crippen molar-refractivity contribution in [3.05, 3.63) is 59.1 Å². The third kappa shape index (κ3) is 3.69. The molecule has 36 heavy (non-hydrogen) atoms. The number of allylic oxidation sites excluding steroid dienone is 2. The van der Waals surface area contributed by atoms with Gasteiger partial charge < -0.3 is 29.0 Å². The Morgan fingerprint density at radius 1 is 0.861 bits per heavy atom. The van der Waals surface area contributed by atoms with Crippen LogP contribution in [0.4, 0.5) is 5.95 Å². The van der Waals surface area contributed by atoms with E-state index in [2.05, 4.69) is 15.4 Å². The minimum Gasteiger partial charge on any atom is -0.493 e. The molecule has 0 saturated carbocycles. The van der Waals surface area contributed by atoms with E-state index in [9.17, 15) is 4.79 Å². The summed E-state index contributed by atoms with van der Waals surface area (Å²) in [5.74, 6) is 3.27. The fourth-order valence-corrected chi connectivity index (χ4v) is 5.12. The molecule has 2 aromatic carbocycles. The van der Waals surface area contributed by atoms with Gasteiger partial charge in [-0.2, -0.15) is 10.1 Å². The zero-order valence-electron chi connectivity index (χ0n) is 20.8. The van der Waals surface area contributed by atoms with Gasteiger partial charge in [-0.3, -0.25) is 4.79 Å². The summed E-state index contributed by atoms with van der Waals surface area (Å²) in [5.41, 5.74) is 3.18. The summed E-state index contributed by atoms with van der Waals surface area (Å²) in [6.07, 6.45) is 2.43. The summed E-state index contributed by atoms with van der Waals surface area (Å²) in [7, 11) is 7.89. The standard InChI is InChI=1S/C26H28N4O6/c1-32-19-8-6-14(12-21(19)34-3)15-10-17-22(18(31)11-15)23(30-26(29-17)27-13-28-30)16-7-9-20(33-2)25(36-5)24(16)35-4/h6-9,12-13,15,23H,10-11H2,1-5H3,(H,27,28,29). The first-order chi connectivity index (χ1) is 17.5. The van der Waals surface area contributed by atoms with E-state index in [1.165, 1.54) is 6.33 Å². The first kappa shape index (κ1) is 23.5. The molecule has 1 aliphatic carbocycles. The van der Waals surface area contributed by atoms with Gasteiger partial charge in [0.15, 0.2) is 28.8 Å². The maximum absolute atomic E-state index is 13.8. The van der Waals surface area contributed by atoms with E-state index in [1.807, 2.05) is 24.3 Å². The zero-order chi connectivity index (χ0) is 25.4. The minimum atomic E-state index is -0.535. The van der Waals surface area contributed by atoms with Gasteiger partial charge in [-0.25, -0.2) is 4.68 Å². The average Bonchev–Trinajstić information content (AvgIpc) is 3.38. The highest BCUT2D eigenvalue weighted by Gasteiger charge is 2.41. The van der Waals surface area contributed by atoms with Gasteiger partial charge in [0.1, 0.15) is 12.4 Å². The number of methoxy groups -OCH3 is 5. The molecule has 1 aromatic heterocycles. The number of nitrogens with one attached hydrogen (secondary N) is 1. The van der Waals surface area contributed by atoms with E-state index in [1.54, 1.807) is 46.3 Å². The molecule has 2 heterocycles. The number of nitrogens with zero attached hydrogens (tertiary/aromatic N) is 3. The van der Waals surface area contributed by atoms with Crippen LogP contribution in [0.2, 0.25) is 0 Å². The number of hydrogen-bond acceptors (Lipinski definition) is 9. The summed E-state index contributed by atoms with van der Waals surface area (Å²) in [6, 6.07) is 8.92. The van der Waals surface area contributed by atoms with Crippen LogP contribution >= 0.6 is 0 Å². The predicted octanol–water partition coefficient (Wildman–Crippen LogP) is 3.74. The highest BCUT2D eigenvalue weighted by atomic mass is 16.5. The van der Waals surface area contributed by atoms with Crippen LogP contribution in [0.1, 0.15) is 35.9 Å². The van der Waals surface area contributed by atoms with E-state index in [-0.39, 0.29) is 11.7 Å². The maximum atomic E-state index is 13.8. The van der Waals surface area contributed by atoms with Crippen molar-refractivity contribution in [1.29, 1.82) is 0 Å². The molecule has 1 N–H and O–H groups in total. The number of ketones is 1. The second-order valence-corrected chi connectivity index (χ2v) is 8.51. The monoisotopic (exact) mass is 492 g/mol. The van der Waals surface area contributed by atoms with Gasteiger partial charge in [-0.1, -0.05) is 6.07 Å². The lowest BCUT2D eigenvalue weighted by atomic mass is 9.77. The van der Waals surface area contributed by atoms with Gasteiger partial charge in [-0.15, -0.1) is 0 Å². The van der Waals surface area contributed by atoms with Gasteiger partial charge >= 0.3 is 0 Å². The van der Waals surface area contributed by atoms with Crippen molar-refractivity contribution < 1.29 is 28.5 Å². The Hall–Kier alpha value is -4.21. The average molecular weight is 493 g/mol. The van der Waals surface area contributed by atoms with Crippen molar-refractivity contribution in [2.75, 3.05) is 40.9 Å². The van der Waals surface area contributed by atoms with Gasteiger partial charge in [0.25, 0.3) is 0 Å². The van der Waals surface area contributed by atoms with Crippen molar-refractivity contribution in [1.82, 2.24) is 14.8 Å². The number of benzene rings is 2. The molecule has 2 aliphatic rings. The Morgan fingerprint density at radius 2 is 1.58 bits per heavy atom. The largest absolute Gasteiger partial charge is 0.493 e. The van der Waals surface area contributed by atoms with Crippen LogP contribution in [0.5, 0.6) is 28.7 Å². The SMILES string of the molecule is COc1ccc(C2CC(=O)C3=C(C2)Nc2ncnn2C3c2ccc(OC)c(OC)c2OC)cc1OC. The first-order valence-electron chi connectivity index (χ1n) is 11.5. The Balaban J connectivity index is 1.61. The van der Waals surface area contributed by atoms with Gasteiger partial charge in [-0.05, 0) is 42.2 Å². The number of fused-ring (bicyclic) bond motifs is 1. The molecule has 10 heteroatoms. The molecule has 0 spiro atoms. The number of hydrogen-bond donors (Lipinski definition) is 1. The lowest BCUT2D eigenvalue weighted by molar-refractivity contribution is -0.116. The van der Waals surface area contributed by atoms with E-state index in [0.717, 1.165) is 16.8 Å². The van der Waals surface area contributed by atoms with Crippen LogP contribution < -0.4 is 29.0 Å². The van der Waals surface area contributed by atoms with Gasteiger partial charge in [0.05, 0.1) is 35.5 Å². The van der Waals surface area contributed by atoms with Gasteiger partial charge in [0.2, 0.25) is 11.7 Å². The number of ether oxygens (including phenoxy) is 5. The molecule has 0 fully saturated rings. The highest BCUT2D eigenvalue weighted by Crippen LogP contribution is 2.49. The number of carbonyl (C=O) groups is 1. The van der Waals surface area contributed by atoms with Crippen LogP contribution in [0.15, 0.2) is 47.9 Å². The molecule has 0 saturated heterocycles. The Labute approximate surface area is 208 Å². The van der Waals surface area contributed by atoms with E-state index in [0.29, 0.717) is 53.1 Å². The van der Waals surface area contributed by atoms with Crippen molar-refractivity contribution >= 4 is 11.7 Å². The fourth-order valence-electron chi connectivity index (χ4n) is 5.12. The zero-order valence-corrected chi connectivity index (χ0v) is 20.8. The number of aromatic nitrogens is 3. The normalized spacial score (nSPS) is 18.6.